The molecular weight excluding hydrogens is 337 g/mol. The molecule has 0 aliphatic carbocycles. The third-order valence-electron chi connectivity index (χ3n) is 3.34. The number of halogens is 2. The summed E-state index contributed by atoms with van der Waals surface area (Å²) in [5.41, 5.74) is 2.88. The van der Waals surface area contributed by atoms with Crippen LogP contribution in [0.4, 0.5) is 0 Å². The zero-order valence-electron chi connectivity index (χ0n) is 11.9. The van der Waals surface area contributed by atoms with Gasteiger partial charge in [-0.05, 0) is 36.4 Å². The van der Waals surface area contributed by atoms with Crippen LogP contribution in [0.15, 0.2) is 45.3 Å². The normalized spacial score (nSPS) is 11.3. The van der Waals surface area contributed by atoms with E-state index in [9.17, 15) is 0 Å². The zero-order valence-corrected chi connectivity index (χ0v) is 13.4. The van der Waals surface area contributed by atoms with Crippen molar-refractivity contribution in [1.29, 1.82) is 0 Å². The molecule has 0 unspecified atom stereocenters. The van der Waals surface area contributed by atoms with Crippen LogP contribution in [0, 0.1) is 6.92 Å². The van der Waals surface area contributed by atoms with E-state index >= 15 is 0 Å². The third-order valence-corrected chi connectivity index (χ3v) is 3.89. The maximum atomic E-state index is 6.17. The molecule has 0 amide bonds. The summed E-state index contributed by atoms with van der Waals surface area (Å²) in [6.07, 6.45) is 0. The van der Waals surface area contributed by atoms with Gasteiger partial charge >= 0.3 is 0 Å². The quantitative estimate of drug-likeness (QED) is 0.502. The molecule has 2 aromatic heterocycles. The van der Waals surface area contributed by atoms with Crippen LogP contribution in [0.25, 0.3) is 33.9 Å². The SMILES string of the molecule is Cc1nc2cc(-c3noc(-c4ccc(Cl)cc4Cl)n3)ccc2o1. The third kappa shape index (κ3) is 2.58. The zero-order chi connectivity index (χ0) is 16.0. The molecule has 0 radical (unpaired) electrons. The largest absolute Gasteiger partial charge is 0.441 e. The van der Waals surface area contributed by atoms with Gasteiger partial charge in [-0.3, -0.25) is 0 Å². The van der Waals surface area contributed by atoms with Crippen molar-refractivity contribution in [2.24, 2.45) is 0 Å². The summed E-state index contributed by atoms with van der Waals surface area (Å²) >= 11 is 12.1. The van der Waals surface area contributed by atoms with E-state index in [1.54, 1.807) is 25.1 Å². The van der Waals surface area contributed by atoms with Gasteiger partial charge in [0, 0.05) is 17.5 Å². The van der Waals surface area contributed by atoms with Gasteiger partial charge in [0.1, 0.15) is 5.52 Å². The van der Waals surface area contributed by atoms with Gasteiger partial charge < -0.3 is 8.94 Å². The first-order valence-electron chi connectivity index (χ1n) is 6.77. The van der Waals surface area contributed by atoms with Gasteiger partial charge in [0.05, 0.1) is 10.6 Å². The van der Waals surface area contributed by atoms with E-state index in [4.69, 9.17) is 32.1 Å². The Morgan fingerprint density at radius 1 is 1.00 bits per heavy atom. The number of hydrogen-bond donors (Lipinski definition) is 0. The number of aromatic nitrogens is 3. The highest BCUT2D eigenvalue weighted by molar-refractivity contribution is 6.36. The number of oxazole rings is 1. The van der Waals surface area contributed by atoms with Crippen LogP contribution in [0.1, 0.15) is 5.89 Å². The van der Waals surface area contributed by atoms with Crippen molar-refractivity contribution < 1.29 is 8.94 Å². The molecule has 0 bridgehead atoms. The Balaban J connectivity index is 1.76. The van der Waals surface area contributed by atoms with Crippen molar-refractivity contribution in [3.63, 3.8) is 0 Å². The second-order valence-corrected chi connectivity index (χ2v) is 5.81. The van der Waals surface area contributed by atoms with Gasteiger partial charge in [-0.1, -0.05) is 28.4 Å². The molecule has 0 N–H and O–H groups in total. The number of fused-ring (bicyclic) bond motifs is 1. The summed E-state index contributed by atoms with van der Waals surface area (Å²) in [7, 11) is 0. The Morgan fingerprint density at radius 3 is 2.70 bits per heavy atom. The molecule has 114 valence electrons. The topological polar surface area (TPSA) is 65.0 Å². The second kappa shape index (κ2) is 5.37. The summed E-state index contributed by atoms with van der Waals surface area (Å²) in [5, 5.41) is 5.00. The van der Waals surface area contributed by atoms with Crippen LogP contribution in [-0.4, -0.2) is 15.1 Å². The lowest BCUT2D eigenvalue weighted by molar-refractivity contribution is 0.432. The highest BCUT2D eigenvalue weighted by Crippen LogP contribution is 2.31. The first-order chi connectivity index (χ1) is 11.1. The highest BCUT2D eigenvalue weighted by Gasteiger charge is 2.15. The molecule has 0 spiro atoms. The molecule has 5 nitrogen and oxygen atoms in total. The maximum absolute atomic E-state index is 6.17. The summed E-state index contributed by atoms with van der Waals surface area (Å²) in [5.74, 6) is 1.39. The standard InChI is InChI=1S/C16H9Cl2N3O2/c1-8-19-13-6-9(2-5-14(13)22-8)15-20-16(23-21-15)11-4-3-10(17)7-12(11)18/h2-7H,1H3. The molecule has 0 atom stereocenters. The highest BCUT2D eigenvalue weighted by atomic mass is 35.5. The number of hydrogen-bond acceptors (Lipinski definition) is 5. The lowest BCUT2D eigenvalue weighted by Gasteiger charge is -1.98. The Hall–Kier alpha value is -2.37. The predicted molar refractivity (Wildman–Crippen MR) is 87.5 cm³/mol. The minimum absolute atomic E-state index is 0.332. The molecule has 23 heavy (non-hydrogen) atoms. The summed E-state index contributed by atoms with van der Waals surface area (Å²) in [6, 6.07) is 10.6. The monoisotopic (exact) mass is 345 g/mol. The molecule has 0 fully saturated rings. The van der Waals surface area contributed by atoms with Crippen molar-refractivity contribution in [1.82, 2.24) is 15.1 Å². The molecule has 2 aromatic carbocycles. The van der Waals surface area contributed by atoms with Gasteiger partial charge in [0.15, 0.2) is 11.5 Å². The first-order valence-corrected chi connectivity index (χ1v) is 7.52. The van der Waals surface area contributed by atoms with E-state index in [1.807, 2.05) is 18.2 Å². The fourth-order valence-electron chi connectivity index (χ4n) is 2.29. The molecule has 0 aliphatic rings. The van der Waals surface area contributed by atoms with Crippen LogP contribution >= 0.6 is 23.2 Å². The average molecular weight is 346 g/mol. The van der Waals surface area contributed by atoms with Crippen LogP contribution < -0.4 is 0 Å². The lowest BCUT2D eigenvalue weighted by Crippen LogP contribution is -1.82. The molecule has 0 saturated heterocycles. The van der Waals surface area contributed by atoms with Crippen molar-refractivity contribution in [3.05, 3.63) is 52.3 Å². The van der Waals surface area contributed by atoms with Gasteiger partial charge in [0.2, 0.25) is 5.82 Å². The Bertz CT molecular complexity index is 1020. The fourth-order valence-corrected chi connectivity index (χ4v) is 2.78. The molecule has 2 heterocycles. The molecule has 0 aliphatic heterocycles. The molecule has 4 aromatic rings. The van der Waals surface area contributed by atoms with E-state index < -0.39 is 0 Å². The fraction of sp³-hybridized carbons (Fsp3) is 0.0625. The van der Waals surface area contributed by atoms with Gasteiger partial charge in [-0.2, -0.15) is 4.98 Å². The second-order valence-electron chi connectivity index (χ2n) is 4.96. The van der Waals surface area contributed by atoms with Crippen molar-refractivity contribution in [2.45, 2.75) is 6.92 Å². The smallest absolute Gasteiger partial charge is 0.259 e. The van der Waals surface area contributed by atoms with Crippen LogP contribution in [0.5, 0.6) is 0 Å². The summed E-state index contributed by atoms with van der Waals surface area (Å²) < 4.78 is 10.8. The first kappa shape index (κ1) is 14.2. The van der Waals surface area contributed by atoms with Gasteiger partial charge in [-0.25, -0.2) is 4.98 Å². The Labute approximate surface area is 140 Å². The average Bonchev–Trinajstić information content (AvgIpc) is 3.11. The van der Waals surface area contributed by atoms with E-state index in [0.717, 1.165) is 16.7 Å². The Kier molecular flexibility index (Phi) is 3.32. The number of benzene rings is 2. The van der Waals surface area contributed by atoms with E-state index in [2.05, 4.69) is 15.1 Å². The van der Waals surface area contributed by atoms with Crippen LogP contribution in [0.2, 0.25) is 10.0 Å². The van der Waals surface area contributed by atoms with Crippen molar-refractivity contribution >= 4 is 34.3 Å². The number of aryl methyl sites for hydroxylation is 1. The predicted octanol–water partition coefficient (Wildman–Crippen LogP) is 5.16. The number of nitrogens with zero attached hydrogens (tertiary/aromatic N) is 3. The van der Waals surface area contributed by atoms with Crippen molar-refractivity contribution in [3.8, 4) is 22.8 Å². The Morgan fingerprint density at radius 2 is 1.87 bits per heavy atom. The molecule has 4 rings (SSSR count). The summed E-state index contributed by atoms with van der Waals surface area (Å²) in [6.45, 7) is 1.80. The van der Waals surface area contributed by atoms with Crippen molar-refractivity contribution in [2.75, 3.05) is 0 Å². The van der Waals surface area contributed by atoms with Gasteiger partial charge in [0.25, 0.3) is 5.89 Å². The number of rotatable bonds is 2. The summed E-state index contributed by atoms with van der Waals surface area (Å²) in [4.78, 5) is 8.69. The van der Waals surface area contributed by atoms with E-state index in [0.29, 0.717) is 33.2 Å². The molecule has 0 saturated carbocycles. The van der Waals surface area contributed by atoms with Gasteiger partial charge in [-0.15, -0.1) is 0 Å². The maximum Gasteiger partial charge on any atom is 0.259 e. The van der Waals surface area contributed by atoms with E-state index in [1.165, 1.54) is 0 Å². The molecular formula is C16H9Cl2N3O2. The lowest BCUT2D eigenvalue weighted by atomic mass is 10.2. The van der Waals surface area contributed by atoms with E-state index in [-0.39, 0.29) is 0 Å². The van der Waals surface area contributed by atoms with Crippen LogP contribution in [0.3, 0.4) is 0 Å². The minimum atomic E-state index is 0.332. The van der Waals surface area contributed by atoms with Crippen LogP contribution in [-0.2, 0) is 0 Å². The molecule has 7 heteroatoms. The minimum Gasteiger partial charge on any atom is -0.441 e.